The molecule has 0 spiro atoms. The van der Waals surface area contributed by atoms with Crippen molar-refractivity contribution in [2.75, 3.05) is 28.8 Å². The van der Waals surface area contributed by atoms with Crippen LogP contribution in [0.25, 0.3) is 0 Å². The maximum atomic E-state index is 13.5. The molecule has 0 aromatic heterocycles. The number of hydrazone groups is 1. The molecule has 0 radical (unpaired) electrons. The van der Waals surface area contributed by atoms with E-state index >= 15 is 0 Å². The van der Waals surface area contributed by atoms with E-state index in [4.69, 9.17) is 23.2 Å². The third-order valence-corrected chi connectivity index (χ3v) is 7.68. The van der Waals surface area contributed by atoms with Gasteiger partial charge in [0.2, 0.25) is 0 Å². The van der Waals surface area contributed by atoms with Crippen LogP contribution in [0.1, 0.15) is 25.0 Å². The third kappa shape index (κ3) is 7.00. The Bertz CT molecular complexity index is 1300. The van der Waals surface area contributed by atoms with E-state index < -0.39 is 22.5 Å². The Kier molecular flexibility index (Phi) is 9.37. The number of aryl methyl sites for hydroxylation is 1. The van der Waals surface area contributed by atoms with E-state index in [2.05, 4.69) is 29.3 Å². The van der Waals surface area contributed by atoms with E-state index in [-0.39, 0.29) is 20.6 Å². The number of halogens is 2. The van der Waals surface area contributed by atoms with Gasteiger partial charge in [0.15, 0.2) is 0 Å². The number of anilines is 2. The number of nitrogens with zero attached hydrogens (tertiary/aromatic N) is 3. The number of carbonyl (C=O) groups excluding carboxylic acids is 1. The van der Waals surface area contributed by atoms with Crippen molar-refractivity contribution in [3.8, 4) is 0 Å². The summed E-state index contributed by atoms with van der Waals surface area (Å²) in [7, 11) is -4.10. The summed E-state index contributed by atoms with van der Waals surface area (Å²) in [5.74, 6) is -0.627. The molecule has 0 unspecified atom stereocenters. The Morgan fingerprint density at radius 3 is 2.06 bits per heavy atom. The summed E-state index contributed by atoms with van der Waals surface area (Å²) in [6, 6.07) is 18.5. The van der Waals surface area contributed by atoms with Crippen LogP contribution in [0.15, 0.2) is 76.7 Å². The van der Waals surface area contributed by atoms with Crippen molar-refractivity contribution in [1.82, 2.24) is 5.43 Å². The summed E-state index contributed by atoms with van der Waals surface area (Å²) in [5.41, 5.74) is 5.36. The fourth-order valence-electron chi connectivity index (χ4n) is 3.54. The van der Waals surface area contributed by atoms with Gasteiger partial charge in [-0.05, 0) is 68.8 Å². The summed E-state index contributed by atoms with van der Waals surface area (Å²) < 4.78 is 27.9. The molecule has 0 saturated carbocycles. The summed E-state index contributed by atoms with van der Waals surface area (Å²) in [4.78, 5) is 15.0. The highest BCUT2D eigenvalue weighted by molar-refractivity contribution is 7.92. The zero-order valence-corrected chi connectivity index (χ0v) is 22.6. The zero-order chi connectivity index (χ0) is 26.3. The number of rotatable bonds is 10. The second-order valence-corrected chi connectivity index (χ2v) is 10.7. The maximum Gasteiger partial charge on any atom is 0.264 e. The first-order valence-corrected chi connectivity index (χ1v) is 13.6. The van der Waals surface area contributed by atoms with Crippen LogP contribution in [-0.2, 0) is 14.8 Å². The monoisotopic (exact) mass is 546 g/mol. The molecule has 0 bridgehead atoms. The summed E-state index contributed by atoms with van der Waals surface area (Å²) in [6.45, 7) is 7.32. The van der Waals surface area contributed by atoms with Crippen LogP contribution in [0.5, 0.6) is 0 Å². The summed E-state index contributed by atoms with van der Waals surface area (Å²) in [6.07, 6.45) is 1.50. The van der Waals surface area contributed by atoms with Crippen molar-refractivity contribution in [3.05, 3.63) is 87.9 Å². The first-order chi connectivity index (χ1) is 17.1. The number of benzene rings is 3. The van der Waals surface area contributed by atoms with Gasteiger partial charge >= 0.3 is 0 Å². The second kappa shape index (κ2) is 12.3. The topological polar surface area (TPSA) is 82.1 Å². The average molecular weight is 548 g/mol. The number of hydrogen-bond donors (Lipinski definition) is 1. The number of nitrogens with one attached hydrogen (secondary N) is 1. The first-order valence-electron chi connectivity index (χ1n) is 11.4. The molecule has 36 heavy (non-hydrogen) atoms. The minimum Gasteiger partial charge on any atom is -0.372 e. The van der Waals surface area contributed by atoms with E-state index in [1.807, 2.05) is 31.2 Å². The fourth-order valence-corrected chi connectivity index (χ4v) is 5.46. The molecule has 7 nitrogen and oxygen atoms in total. The van der Waals surface area contributed by atoms with Crippen LogP contribution in [-0.4, -0.2) is 40.2 Å². The van der Waals surface area contributed by atoms with Gasteiger partial charge < -0.3 is 4.90 Å². The number of amides is 1. The third-order valence-electron chi connectivity index (χ3n) is 5.46. The quantitative estimate of drug-likeness (QED) is 0.269. The van der Waals surface area contributed by atoms with Crippen LogP contribution in [0.4, 0.5) is 11.4 Å². The molecule has 0 saturated heterocycles. The predicted molar refractivity (Wildman–Crippen MR) is 148 cm³/mol. The van der Waals surface area contributed by atoms with Crippen molar-refractivity contribution >= 4 is 56.7 Å². The lowest BCUT2D eigenvalue weighted by Crippen LogP contribution is -2.39. The molecule has 3 aromatic rings. The van der Waals surface area contributed by atoms with Crippen LogP contribution in [0.2, 0.25) is 10.0 Å². The van der Waals surface area contributed by atoms with Crippen LogP contribution in [0.3, 0.4) is 0 Å². The van der Waals surface area contributed by atoms with Gasteiger partial charge in [0.25, 0.3) is 15.9 Å². The Labute approximate surface area is 222 Å². The molecule has 3 aromatic carbocycles. The SMILES string of the molecule is CCN(CC)c1ccc(/C=N\NC(=O)CN(c2cc(Cl)cc(Cl)c2)S(=O)(=O)c2ccc(C)cc2)cc1. The van der Waals surface area contributed by atoms with Crippen molar-refractivity contribution in [2.24, 2.45) is 5.10 Å². The molecule has 10 heteroatoms. The number of hydrogen-bond acceptors (Lipinski definition) is 5. The summed E-state index contributed by atoms with van der Waals surface area (Å²) in [5, 5.41) is 4.48. The average Bonchev–Trinajstić information content (AvgIpc) is 2.84. The predicted octanol–water partition coefficient (Wildman–Crippen LogP) is 5.49. The molecule has 0 heterocycles. The van der Waals surface area contributed by atoms with Crippen molar-refractivity contribution in [1.29, 1.82) is 0 Å². The molecule has 0 atom stereocenters. The molecule has 0 aliphatic carbocycles. The molecule has 0 aliphatic heterocycles. The van der Waals surface area contributed by atoms with Gasteiger partial charge in [-0.3, -0.25) is 9.10 Å². The standard InChI is InChI=1S/C26H28Cl2N4O3S/c1-4-31(5-2)23-10-8-20(9-11-23)17-29-30-26(33)18-32(24-15-21(27)14-22(28)16-24)36(34,35)25-12-6-19(3)7-13-25/h6-17H,4-5,18H2,1-3H3,(H,30,33)/b29-17-. The lowest BCUT2D eigenvalue weighted by atomic mass is 10.2. The van der Waals surface area contributed by atoms with Crippen LogP contribution in [0, 0.1) is 6.92 Å². The van der Waals surface area contributed by atoms with Crippen molar-refractivity contribution in [2.45, 2.75) is 25.7 Å². The molecule has 3 rings (SSSR count). The Morgan fingerprint density at radius 2 is 1.50 bits per heavy atom. The van der Waals surface area contributed by atoms with Crippen molar-refractivity contribution < 1.29 is 13.2 Å². The van der Waals surface area contributed by atoms with Gasteiger partial charge in [0.05, 0.1) is 16.8 Å². The van der Waals surface area contributed by atoms with E-state index in [1.54, 1.807) is 12.1 Å². The van der Waals surface area contributed by atoms with E-state index in [1.165, 1.54) is 36.5 Å². The molecular weight excluding hydrogens is 519 g/mol. The number of sulfonamides is 1. The summed E-state index contributed by atoms with van der Waals surface area (Å²) >= 11 is 12.2. The van der Waals surface area contributed by atoms with Crippen molar-refractivity contribution in [3.63, 3.8) is 0 Å². The molecule has 1 N–H and O–H groups in total. The molecule has 190 valence electrons. The molecule has 0 aliphatic rings. The zero-order valence-electron chi connectivity index (χ0n) is 20.3. The van der Waals surface area contributed by atoms with Gasteiger partial charge in [-0.25, -0.2) is 13.8 Å². The lowest BCUT2D eigenvalue weighted by molar-refractivity contribution is -0.119. The van der Waals surface area contributed by atoms with Gasteiger partial charge in [-0.2, -0.15) is 5.10 Å². The highest BCUT2D eigenvalue weighted by Gasteiger charge is 2.27. The Hall–Kier alpha value is -3.07. The largest absolute Gasteiger partial charge is 0.372 e. The van der Waals surface area contributed by atoms with E-state index in [9.17, 15) is 13.2 Å². The normalized spacial score (nSPS) is 11.5. The lowest BCUT2D eigenvalue weighted by Gasteiger charge is -2.24. The fraction of sp³-hybridized carbons (Fsp3) is 0.231. The second-order valence-electron chi connectivity index (χ2n) is 8.01. The van der Waals surface area contributed by atoms with Gasteiger partial charge in [-0.15, -0.1) is 0 Å². The molecular formula is C26H28Cl2N4O3S. The van der Waals surface area contributed by atoms with Gasteiger partial charge in [0, 0.05) is 28.8 Å². The molecule has 1 amide bonds. The minimum absolute atomic E-state index is 0.0359. The Balaban J connectivity index is 1.80. The van der Waals surface area contributed by atoms with E-state index in [0.29, 0.717) is 0 Å². The smallest absolute Gasteiger partial charge is 0.264 e. The minimum atomic E-state index is -4.10. The van der Waals surface area contributed by atoms with Crippen LogP contribution < -0.4 is 14.6 Å². The van der Waals surface area contributed by atoms with Crippen LogP contribution >= 0.6 is 23.2 Å². The Morgan fingerprint density at radius 1 is 0.917 bits per heavy atom. The maximum absolute atomic E-state index is 13.5. The number of carbonyl (C=O) groups is 1. The van der Waals surface area contributed by atoms with Gasteiger partial charge in [0.1, 0.15) is 6.54 Å². The van der Waals surface area contributed by atoms with Gasteiger partial charge in [-0.1, -0.05) is 53.0 Å². The highest BCUT2D eigenvalue weighted by Crippen LogP contribution is 2.29. The molecule has 0 fully saturated rings. The highest BCUT2D eigenvalue weighted by atomic mass is 35.5. The first kappa shape index (κ1) is 27.5. The van der Waals surface area contributed by atoms with E-state index in [0.717, 1.165) is 34.2 Å².